The molecule has 126 valence electrons. The highest BCUT2D eigenvalue weighted by Gasteiger charge is 2.23. The number of rotatable bonds is 3. The van der Waals surface area contributed by atoms with Gasteiger partial charge in [-0.2, -0.15) is 0 Å². The Morgan fingerprint density at radius 3 is 2.80 bits per heavy atom. The largest absolute Gasteiger partial charge is 0.505 e. The van der Waals surface area contributed by atoms with Gasteiger partial charge in [0.2, 0.25) is 0 Å². The Kier molecular flexibility index (Phi) is 3.42. The van der Waals surface area contributed by atoms with Crippen LogP contribution in [0.25, 0.3) is 27.6 Å². The number of carbonyl (C=O) groups excluding carboxylic acids is 1. The Bertz CT molecular complexity index is 1100. The zero-order valence-electron chi connectivity index (χ0n) is 13.8. The van der Waals surface area contributed by atoms with Crippen LogP contribution in [-0.4, -0.2) is 37.4 Å². The number of aromatic amines is 1. The van der Waals surface area contributed by atoms with Gasteiger partial charge in [-0.05, 0) is 26.0 Å². The van der Waals surface area contributed by atoms with Gasteiger partial charge in [0.05, 0.1) is 28.6 Å². The molecule has 0 amide bonds. The number of pyridine rings is 1. The molecule has 4 rings (SSSR count). The van der Waals surface area contributed by atoms with E-state index >= 15 is 0 Å². The van der Waals surface area contributed by atoms with Gasteiger partial charge >= 0.3 is 5.97 Å². The fourth-order valence-corrected chi connectivity index (χ4v) is 2.97. The second-order valence-electron chi connectivity index (χ2n) is 5.66. The van der Waals surface area contributed by atoms with Crippen molar-refractivity contribution in [2.75, 3.05) is 6.61 Å². The van der Waals surface area contributed by atoms with Gasteiger partial charge in [0.15, 0.2) is 17.1 Å². The maximum Gasteiger partial charge on any atom is 0.360 e. The molecule has 0 radical (unpaired) electrons. The topological polar surface area (TPSA) is 93.0 Å². The number of fused-ring (bicyclic) bond motifs is 3. The van der Waals surface area contributed by atoms with Gasteiger partial charge in [-0.15, -0.1) is 0 Å². The van der Waals surface area contributed by atoms with E-state index in [0.29, 0.717) is 16.6 Å². The summed E-state index contributed by atoms with van der Waals surface area (Å²) in [6, 6.07) is 9.74. The van der Waals surface area contributed by atoms with E-state index in [1.54, 1.807) is 6.92 Å². The Balaban J connectivity index is 2.00. The molecule has 0 fully saturated rings. The van der Waals surface area contributed by atoms with E-state index < -0.39 is 5.97 Å². The Morgan fingerprint density at radius 2 is 2.08 bits per heavy atom. The van der Waals surface area contributed by atoms with Gasteiger partial charge in [-0.3, -0.25) is 5.10 Å². The number of aromatic hydroxyl groups is 1. The zero-order chi connectivity index (χ0) is 17.6. The normalized spacial score (nSPS) is 11.3. The molecule has 4 aromatic rings. The lowest BCUT2D eigenvalue weighted by molar-refractivity contribution is 0.0517. The van der Waals surface area contributed by atoms with E-state index in [0.717, 1.165) is 16.8 Å². The van der Waals surface area contributed by atoms with Crippen molar-refractivity contribution in [2.45, 2.75) is 13.8 Å². The van der Waals surface area contributed by atoms with Crippen molar-refractivity contribution in [3.05, 3.63) is 47.9 Å². The number of esters is 1. The first kappa shape index (κ1) is 15.2. The van der Waals surface area contributed by atoms with Crippen LogP contribution in [0.4, 0.5) is 0 Å². The van der Waals surface area contributed by atoms with Gasteiger partial charge in [0.1, 0.15) is 0 Å². The molecule has 0 aliphatic carbocycles. The summed E-state index contributed by atoms with van der Waals surface area (Å²) in [6.07, 6.45) is 1.52. The summed E-state index contributed by atoms with van der Waals surface area (Å²) in [7, 11) is 0. The lowest BCUT2D eigenvalue weighted by atomic mass is 10.2. The van der Waals surface area contributed by atoms with Gasteiger partial charge in [-0.1, -0.05) is 18.2 Å². The number of ether oxygens (including phenoxy) is 1. The molecule has 3 aromatic heterocycles. The van der Waals surface area contributed by atoms with Crippen LogP contribution in [-0.2, 0) is 4.74 Å². The molecule has 2 N–H and O–H groups in total. The predicted molar refractivity (Wildman–Crippen MR) is 93.1 cm³/mol. The number of hydrogen-bond acceptors (Lipinski definition) is 5. The lowest BCUT2D eigenvalue weighted by Gasteiger charge is -2.03. The lowest BCUT2D eigenvalue weighted by Crippen LogP contribution is -2.04. The van der Waals surface area contributed by atoms with Gasteiger partial charge in [0, 0.05) is 11.9 Å². The number of nitrogens with zero attached hydrogens (tertiary/aromatic N) is 3. The van der Waals surface area contributed by atoms with Crippen LogP contribution in [0.1, 0.15) is 23.1 Å². The molecular weight excluding hydrogens is 320 g/mol. The number of carbonyl (C=O) groups is 1. The fraction of sp³-hybridized carbons (Fsp3) is 0.167. The molecule has 0 spiro atoms. The summed E-state index contributed by atoms with van der Waals surface area (Å²) in [5.41, 5.74) is 2.87. The van der Waals surface area contributed by atoms with Crippen molar-refractivity contribution in [2.24, 2.45) is 0 Å². The average molecular weight is 336 g/mol. The monoisotopic (exact) mass is 336 g/mol. The third-order valence-corrected chi connectivity index (χ3v) is 4.08. The first-order valence-corrected chi connectivity index (χ1v) is 7.93. The van der Waals surface area contributed by atoms with Crippen molar-refractivity contribution >= 4 is 27.9 Å². The van der Waals surface area contributed by atoms with Gasteiger partial charge < -0.3 is 9.84 Å². The minimum absolute atomic E-state index is 0.0852. The smallest absolute Gasteiger partial charge is 0.360 e. The molecule has 7 nitrogen and oxygen atoms in total. The Labute approximate surface area is 142 Å². The maximum atomic E-state index is 12.0. The first-order chi connectivity index (χ1) is 12.1. The third-order valence-electron chi connectivity index (χ3n) is 4.08. The first-order valence-electron chi connectivity index (χ1n) is 7.93. The molecule has 0 saturated carbocycles. The second kappa shape index (κ2) is 5.62. The van der Waals surface area contributed by atoms with Crippen LogP contribution in [0.2, 0.25) is 0 Å². The van der Waals surface area contributed by atoms with Crippen molar-refractivity contribution in [3.8, 4) is 11.4 Å². The van der Waals surface area contributed by atoms with E-state index in [9.17, 15) is 9.90 Å². The van der Waals surface area contributed by atoms with Gasteiger partial charge in [0.25, 0.3) is 0 Å². The molecule has 1 aromatic carbocycles. The van der Waals surface area contributed by atoms with Crippen LogP contribution in [0, 0.1) is 6.92 Å². The average Bonchev–Trinajstić information content (AvgIpc) is 3.14. The molecule has 3 heterocycles. The molecule has 0 atom stereocenters. The van der Waals surface area contributed by atoms with E-state index in [1.165, 1.54) is 6.20 Å². The van der Waals surface area contributed by atoms with Crippen LogP contribution < -0.4 is 0 Å². The number of para-hydroxylation sites is 1. The molecule has 0 bridgehead atoms. The number of aromatic nitrogens is 4. The van der Waals surface area contributed by atoms with Crippen molar-refractivity contribution in [1.29, 1.82) is 0 Å². The standard InChI is InChI=1S/C18H16N4O3/c1-3-25-18(24)15-16(23)12-9-19-17-13(14(12)20-15)10(2)21-22(17)11-7-5-4-6-8-11/h4-9,21,23H,3H2,1-2H3. The number of hydrogen-bond donors (Lipinski definition) is 2. The van der Waals surface area contributed by atoms with Crippen LogP contribution in [0.15, 0.2) is 36.5 Å². The minimum atomic E-state index is -0.645. The summed E-state index contributed by atoms with van der Waals surface area (Å²) in [4.78, 5) is 20.8. The highest BCUT2D eigenvalue weighted by atomic mass is 16.5. The van der Waals surface area contributed by atoms with E-state index in [4.69, 9.17) is 4.74 Å². The highest BCUT2D eigenvalue weighted by Crippen LogP contribution is 2.34. The number of nitrogens with one attached hydrogen (secondary N) is 1. The highest BCUT2D eigenvalue weighted by molar-refractivity contribution is 6.10. The predicted octanol–water partition coefficient (Wildman–Crippen LogP) is 3.09. The van der Waals surface area contributed by atoms with Crippen molar-refractivity contribution in [1.82, 2.24) is 19.7 Å². The zero-order valence-corrected chi connectivity index (χ0v) is 13.8. The number of aryl methyl sites for hydroxylation is 1. The number of H-pyrrole nitrogens is 1. The third kappa shape index (κ3) is 2.24. The van der Waals surface area contributed by atoms with E-state index in [-0.39, 0.29) is 18.1 Å². The fourth-order valence-electron chi connectivity index (χ4n) is 2.97. The van der Waals surface area contributed by atoms with Crippen molar-refractivity contribution < 1.29 is 14.6 Å². The minimum Gasteiger partial charge on any atom is -0.505 e. The summed E-state index contributed by atoms with van der Waals surface area (Å²) >= 11 is 0. The molecular formula is C18H16N4O3. The van der Waals surface area contributed by atoms with Crippen LogP contribution in [0.5, 0.6) is 5.75 Å². The quantitative estimate of drug-likeness (QED) is 0.561. The van der Waals surface area contributed by atoms with Crippen LogP contribution >= 0.6 is 0 Å². The summed E-state index contributed by atoms with van der Waals surface area (Å²) in [5.74, 6) is -0.844. The molecule has 0 aliphatic rings. The molecule has 25 heavy (non-hydrogen) atoms. The summed E-state index contributed by atoms with van der Waals surface area (Å²) in [5, 5.41) is 14.8. The summed E-state index contributed by atoms with van der Waals surface area (Å²) in [6.45, 7) is 3.82. The second-order valence-corrected chi connectivity index (χ2v) is 5.66. The molecule has 0 aliphatic heterocycles. The maximum absolute atomic E-state index is 12.0. The Morgan fingerprint density at radius 1 is 1.32 bits per heavy atom. The molecule has 7 heteroatoms. The number of benzene rings is 1. The van der Waals surface area contributed by atoms with Crippen LogP contribution in [0.3, 0.4) is 0 Å². The van der Waals surface area contributed by atoms with Crippen molar-refractivity contribution in [3.63, 3.8) is 0 Å². The SMILES string of the molecule is CCOC(=O)c1nc2c(cnc3c2c(C)[nH]n3-c2ccccc2)c1O. The van der Waals surface area contributed by atoms with Gasteiger partial charge in [-0.25, -0.2) is 19.4 Å². The Hall–Kier alpha value is -3.35. The van der Waals surface area contributed by atoms with E-state index in [1.807, 2.05) is 41.9 Å². The summed E-state index contributed by atoms with van der Waals surface area (Å²) < 4.78 is 6.81. The van der Waals surface area contributed by atoms with E-state index in [2.05, 4.69) is 15.1 Å². The molecule has 0 saturated heterocycles. The molecule has 0 unspecified atom stereocenters.